The second kappa shape index (κ2) is 10.8. The van der Waals surface area contributed by atoms with Gasteiger partial charge in [-0.15, -0.1) is 5.10 Å². The molecule has 1 N–H and O–H groups in total. The van der Waals surface area contributed by atoms with Crippen LogP contribution in [0.15, 0.2) is 59.4 Å². The van der Waals surface area contributed by atoms with Crippen molar-refractivity contribution in [1.82, 2.24) is 30.1 Å². The second-order valence-corrected chi connectivity index (χ2v) is 8.22. The Balaban J connectivity index is 1.57. The Labute approximate surface area is 197 Å². The van der Waals surface area contributed by atoms with E-state index in [4.69, 9.17) is 4.74 Å². The molecule has 34 heavy (non-hydrogen) atoms. The van der Waals surface area contributed by atoms with E-state index in [1.165, 1.54) is 10.2 Å². The van der Waals surface area contributed by atoms with Crippen LogP contribution in [0.1, 0.15) is 29.4 Å². The van der Waals surface area contributed by atoms with Gasteiger partial charge in [0, 0.05) is 24.2 Å². The minimum atomic E-state index is -0.395. The van der Waals surface area contributed by atoms with E-state index in [-0.39, 0.29) is 12.1 Å². The Morgan fingerprint density at radius 2 is 1.94 bits per heavy atom. The first-order valence-electron chi connectivity index (χ1n) is 11.3. The predicted octanol–water partition coefficient (Wildman–Crippen LogP) is 2.63. The third-order valence-corrected chi connectivity index (χ3v) is 5.59. The number of ether oxygens (including phenoxy) is 1. The van der Waals surface area contributed by atoms with Gasteiger partial charge in [0.2, 0.25) is 0 Å². The summed E-state index contributed by atoms with van der Waals surface area (Å²) in [5.74, 6) is 0.141. The van der Waals surface area contributed by atoms with Crippen LogP contribution in [0, 0.1) is 6.92 Å². The van der Waals surface area contributed by atoms with Crippen LogP contribution in [0.2, 0.25) is 0 Å². The van der Waals surface area contributed by atoms with Gasteiger partial charge in [-0.05, 0) is 59.3 Å². The normalized spacial score (nSPS) is 11.3. The number of nitrogens with one attached hydrogen (secondary N) is 1. The van der Waals surface area contributed by atoms with Crippen LogP contribution in [0.4, 0.5) is 0 Å². The summed E-state index contributed by atoms with van der Waals surface area (Å²) in [7, 11) is 0. The highest BCUT2D eigenvalue weighted by Crippen LogP contribution is 2.15. The number of hydrogen-bond donors (Lipinski definition) is 1. The molecule has 0 unspecified atom stereocenters. The van der Waals surface area contributed by atoms with Gasteiger partial charge in [0.05, 0.1) is 13.2 Å². The minimum absolute atomic E-state index is 0.0569. The summed E-state index contributed by atoms with van der Waals surface area (Å²) in [5.41, 5.74) is 3.65. The molecule has 0 spiro atoms. The quantitative estimate of drug-likeness (QED) is 0.363. The fourth-order valence-corrected chi connectivity index (χ4v) is 3.85. The number of aromatic nitrogens is 5. The first kappa shape index (κ1) is 23.3. The van der Waals surface area contributed by atoms with E-state index < -0.39 is 5.97 Å². The van der Waals surface area contributed by atoms with E-state index >= 15 is 0 Å². The molecular weight excluding hydrogens is 432 g/mol. The summed E-state index contributed by atoms with van der Waals surface area (Å²) in [5, 5.41) is 12.8. The fraction of sp³-hybridized carbons (Fsp3) is 0.320. The van der Waals surface area contributed by atoms with Crippen LogP contribution >= 0.6 is 0 Å². The molecule has 4 aromatic rings. The maximum atomic E-state index is 12.9. The molecule has 0 fully saturated rings. The summed E-state index contributed by atoms with van der Waals surface area (Å²) in [6.07, 6.45) is 0.797. The molecule has 2 heterocycles. The van der Waals surface area contributed by atoms with E-state index in [0.29, 0.717) is 37.6 Å². The number of aryl methyl sites for hydroxylation is 1. The molecule has 0 aliphatic carbocycles. The summed E-state index contributed by atoms with van der Waals surface area (Å²) >= 11 is 0. The molecule has 9 nitrogen and oxygen atoms in total. The number of esters is 1. The lowest BCUT2D eigenvalue weighted by atomic mass is 10.1. The molecule has 2 aromatic carbocycles. The molecule has 0 saturated carbocycles. The fourth-order valence-electron chi connectivity index (χ4n) is 3.85. The second-order valence-electron chi connectivity index (χ2n) is 8.22. The van der Waals surface area contributed by atoms with Crippen molar-refractivity contribution >= 4 is 16.9 Å². The molecule has 0 aliphatic rings. The van der Waals surface area contributed by atoms with Gasteiger partial charge in [-0.1, -0.05) is 42.5 Å². The monoisotopic (exact) mass is 460 g/mol. The molecule has 2 aromatic heterocycles. The first-order chi connectivity index (χ1) is 16.5. The van der Waals surface area contributed by atoms with Crippen molar-refractivity contribution in [1.29, 1.82) is 0 Å². The number of pyridine rings is 1. The van der Waals surface area contributed by atoms with Gasteiger partial charge in [0.15, 0.2) is 5.82 Å². The zero-order valence-electron chi connectivity index (χ0n) is 19.4. The molecule has 0 atom stereocenters. The average molecular weight is 461 g/mol. The highest BCUT2D eigenvalue weighted by atomic mass is 16.5. The number of nitrogens with zero attached hydrogens (tertiary/aromatic N) is 5. The summed E-state index contributed by atoms with van der Waals surface area (Å²) in [4.78, 5) is 29.9. The third kappa shape index (κ3) is 5.93. The highest BCUT2D eigenvalue weighted by Gasteiger charge is 2.17. The van der Waals surface area contributed by atoms with Gasteiger partial charge in [-0.2, -0.15) is 0 Å². The lowest BCUT2D eigenvalue weighted by Gasteiger charge is -2.22. The SMILES string of the molecule is CCOC(=O)Cn1nnnc1CN(CCc1ccccc1)Cc1cc2ccc(C)cc2[nH]c1=O. The number of fused-ring (bicyclic) bond motifs is 1. The number of rotatable bonds is 10. The van der Waals surface area contributed by atoms with Crippen LogP contribution in [0.5, 0.6) is 0 Å². The molecule has 0 saturated heterocycles. The number of hydrogen-bond acceptors (Lipinski definition) is 7. The molecule has 0 amide bonds. The number of benzene rings is 2. The van der Waals surface area contributed by atoms with Gasteiger partial charge >= 0.3 is 5.97 Å². The van der Waals surface area contributed by atoms with Crippen molar-refractivity contribution in [3.63, 3.8) is 0 Å². The van der Waals surface area contributed by atoms with Crippen LogP contribution in [0.3, 0.4) is 0 Å². The van der Waals surface area contributed by atoms with Crippen LogP contribution in [-0.2, 0) is 35.6 Å². The number of carbonyl (C=O) groups is 1. The van der Waals surface area contributed by atoms with Crippen molar-refractivity contribution in [2.45, 2.75) is 39.9 Å². The molecule has 176 valence electrons. The van der Waals surface area contributed by atoms with Crippen LogP contribution in [-0.4, -0.2) is 49.2 Å². The lowest BCUT2D eigenvalue weighted by molar-refractivity contribution is -0.144. The summed E-state index contributed by atoms with van der Waals surface area (Å²) in [6, 6.07) is 18.1. The Morgan fingerprint density at radius 3 is 2.74 bits per heavy atom. The van der Waals surface area contributed by atoms with E-state index in [2.05, 4.69) is 37.5 Å². The molecule has 0 aliphatic heterocycles. The Morgan fingerprint density at radius 1 is 1.12 bits per heavy atom. The lowest BCUT2D eigenvalue weighted by Crippen LogP contribution is -2.30. The van der Waals surface area contributed by atoms with Gasteiger partial charge in [0.1, 0.15) is 6.54 Å². The van der Waals surface area contributed by atoms with Gasteiger partial charge < -0.3 is 9.72 Å². The van der Waals surface area contributed by atoms with Crippen molar-refractivity contribution < 1.29 is 9.53 Å². The van der Waals surface area contributed by atoms with E-state index in [1.807, 2.05) is 49.4 Å². The van der Waals surface area contributed by atoms with E-state index in [9.17, 15) is 9.59 Å². The average Bonchev–Trinajstić information content (AvgIpc) is 3.25. The van der Waals surface area contributed by atoms with Gasteiger partial charge in [-0.3, -0.25) is 14.5 Å². The largest absolute Gasteiger partial charge is 0.465 e. The van der Waals surface area contributed by atoms with Crippen LogP contribution < -0.4 is 5.56 Å². The number of tetrazole rings is 1. The van der Waals surface area contributed by atoms with Gasteiger partial charge in [-0.25, -0.2) is 4.68 Å². The van der Waals surface area contributed by atoms with E-state index in [0.717, 1.165) is 22.9 Å². The number of aromatic amines is 1. The third-order valence-electron chi connectivity index (χ3n) is 5.59. The maximum absolute atomic E-state index is 12.9. The molecule has 0 bridgehead atoms. The summed E-state index contributed by atoms with van der Waals surface area (Å²) in [6.45, 7) is 5.47. The highest BCUT2D eigenvalue weighted by molar-refractivity contribution is 5.79. The molecule has 9 heteroatoms. The molecular formula is C25H28N6O3. The smallest absolute Gasteiger partial charge is 0.327 e. The number of carbonyl (C=O) groups excluding carboxylic acids is 1. The molecule has 0 radical (unpaired) electrons. The number of H-pyrrole nitrogens is 1. The standard InChI is InChI=1S/C25H28N6O3/c1-3-34-24(32)17-31-23(27-28-29-31)16-30(12-11-19-7-5-4-6-8-19)15-21-14-20-10-9-18(2)13-22(20)26-25(21)33/h4-10,13-14H,3,11-12,15-17H2,1-2H3,(H,26,33). The predicted molar refractivity (Wildman–Crippen MR) is 128 cm³/mol. The van der Waals surface area contributed by atoms with Crippen molar-refractivity contribution in [2.75, 3.05) is 13.2 Å². The van der Waals surface area contributed by atoms with E-state index in [1.54, 1.807) is 6.92 Å². The van der Waals surface area contributed by atoms with Gasteiger partial charge in [0.25, 0.3) is 5.56 Å². The molecule has 4 rings (SSSR count). The summed E-state index contributed by atoms with van der Waals surface area (Å²) < 4.78 is 6.47. The zero-order valence-corrected chi connectivity index (χ0v) is 19.4. The maximum Gasteiger partial charge on any atom is 0.327 e. The van der Waals surface area contributed by atoms with Crippen molar-refractivity contribution in [3.8, 4) is 0 Å². The zero-order chi connectivity index (χ0) is 23.9. The van der Waals surface area contributed by atoms with Crippen LogP contribution in [0.25, 0.3) is 10.9 Å². The Hall–Kier alpha value is -3.85. The first-order valence-corrected chi connectivity index (χ1v) is 11.3. The van der Waals surface area contributed by atoms with Crippen molar-refractivity contribution in [2.24, 2.45) is 0 Å². The minimum Gasteiger partial charge on any atom is -0.465 e. The Kier molecular flexibility index (Phi) is 7.44. The Bertz CT molecular complexity index is 1320. The van der Waals surface area contributed by atoms with Crippen molar-refractivity contribution in [3.05, 3.63) is 87.5 Å². The topological polar surface area (TPSA) is 106 Å².